The zero-order valence-corrected chi connectivity index (χ0v) is 11.3. The van der Waals surface area contributed by atoms with Gasteiger partial charge < -0.3 is 9.84 Å². The van der Waals surface area contributed by atoms with Gasteiger partial charge in [0, 0.05) is 4.90 Å². The number of carbonyl (C=O) groups is 1. The first kappa shape index (κ1) is 13.0. The zero-order chi connectivity index (χ0) is 14.1. The summed E-state index contributed by atoms with van der Waals surface area (Å²) in [6.45, 7) is -0.455. The van der Waals surface area contributed by atoms with Crippen molar-refractivity contribution < 1.29 is 18.8 Å². The summed E-state index contributed by atoms with van der Waals surface area (Å²) in [5, 5.41) is 10.7. The van der Waals surface area contributed by atoms with Crippen LogP contribution in [-0.2, 0) is 20.3 Å². The number of carboxylic acid groups (broad SMARTS) is 1. The molecule has 4 nitrogen and oxygen atoms in total. The highest BCUT2D eigenvalue weighted by Gasteiger charge is 2.23. The molecule has 0 saturated carbocycles. The van der Waals surface area contributed by atoms with Gasteiger partial charge in [-0.05, 0) is 34.5 Å². The number of benzene rings is 2. The summed E-state index contributed by atoms with van der Waals surface area (Å²) in [6.07, 6.45) is 3.48. The molecule has 2 aromatic carbocycles. The van der Waals surface area contributed by atoms with Crippen molar-refractivity contribution in [3.8, 4) is 0 Å². The Morgan fingerprint density at radius 2 is 1.95 bits per heavy atom. The number of carboxylic acids is 1. The SMILES string of the molecule is O=C(O)COC1C=Cc2cc3ccccc3cc2S1=O. The van der Waals surface area contributed by atoms with E-state index in [0.717, 1.165) is 16.3 Å². The van der Waals surface area contributed by atoms with Crippen LogP contribution in [0.1, 0.15) is 5.56 Å². The Bertz CT molecular complexity index is 736. The quantitative estimate of drug-likeness (QED) is 0.942. The fourth-order valence-electron chi connectivity index (χ4n) is 2.19. The average molecular weight is 288 g/mol. The molecular weight excluding hydrogens is 276 g/mol. The third-order valence-corrected chi connectivity index (χ3v) is 4.61. The molecule has 2 aromatic rings. The molecule has 0 fully saturated rings. The van der Waals surface area contributed by atoms with E-state index in [-0.39, 0.29) is 0 Å². The molecule has 3 rings (SSSR count). The summed E-state index contributed by atoms with van der Waals surface area (Å²) in [7, 11) is -1.40. The van der Waals surface area contributed by atoms with E-state index in [4.69, 9.17) is 9.84 Å². The molecular formula is C15H12O4S. The van der Waals surface area contributed by atoms with E-state index in [0.29, 0.717) is 4.90 Å². The third kappa shape index (κ3) is 2.37. The van der Waals surface area contributed by atoms with Gasteiger partial charge in [-0.15, -0.1) is 0 Å². The van der Waals surface area contributed by atoms with Crippen LogP contribution in [0.4, 0.5) is 0 Å². The number of fused-ring (bicyclic) bond motifs is 2. The second-order valence-electron chi connectivity index (χ2n) is 4.47. The lowest BCUT2D eigenvalue weighted by atomic mass is 10.1. The molecule has 0 spiro atoms. The van der Waals surface area contributed by atoms with Crippen molar-refractivity contribution >= 4 is 33.6 Å². The van der Waals surface area contributed by atoms with Crippen molar-refractivity contribution in [1.29, 1.82) is 0 Å². The Kier molecular flexibility index (Phi) is 3.38. The Morgan fingerprint density at radius 1 is 1.25 bits per heavy atom. The fraction of sp³-hybridized carbons (Fsp3) is 0.133. The van der Waals surface area contributed by atoms with Gasteiger partial charge in [0.2, 0.25) is 0 Å². The van der Waals surface area contributed by atoms with E-state index in [9.17, 15) is 9.00 Å². The van der Waals surface area contributed by atoms with Crippen molar-refractivity contribution in [2.24, 2.45) is 0 Å². The average Bonchev–Trinajstić information content (AvgIpc) is 2.45. The highest BCUT2D eigenvalue weighted by Crippen LogP contribution is 2.29. The smallest absolute Gasteiger partial charge is 0.329 e. The molecule has 0 amide bonds. The van der Waals surface area contributed by atoms with Gasteiger partial charge in [0.15, 0.2) is 5.44 Å². The third-order valence-electron chi connectivity index (χ3n) is 3.11. The van der Waals surface area contributed by atoms with Crippen molar-refractivity contribution in [3.63, 3.8) is 0 Å². The van der Waals surface area contributed by atoms with Gasteiger partial charge in [-0.1, -0.05) is 30.3 Å². The lowest BCUT2D eigenvalue weighted by Crippen LogP contribution is -2.23. The largest absolute Gasteiger partial charge is 0.480 e. The fourth-order valence-corrected chi connectivity index (χ4v) is 3.46. The maximum Gasteiger partial charge on any atom is 0.329 e. The Hall–Kier alpha value is -1.98. The van der Waals surface area contributed by atoms with E-state index < -0.39 is 28.8 Å². The summed E-state index contributed by atoms with van der Waals surface area (Å²) in [5.41, 5.74) is 0.178. The van der Waals surface area contributed by atoms with Gasteiger partial charge in [0.25, 0.3) is 0 Å². The van der Waals surface area contributed by atoms with Crippen LogP contribution in [0.15, 0.2) is 47.4 Å². The topological polar surface area (TPSA) is 63.6 Å². The predicted molar refractivity (Wildman–Crippen MR) is 76.8 cm³/mol. The Balaban J connectivity index is 1.98. The van der Waals surface area contributed by atoms with Gasteiger partial charge >= 0.3 is 5.97 Å². The number of hydrogen-bond donors (Lipinski definition) is 1. The molecule has 1 aliphatic rings. The van der Waals surface area contributed by atoms with Crippen molar-refractivity contribution in [2.45, 2.75) is 10.3 Å². The molecule has 0 radical (unpaired) electrons. The van der Waals surface area contributed by atoms with Gasteiger partial charge in [-0.25, -0.2) is 4.79 Å². The summed E-state index contributed by atoms with van der Waals surface area (Å²) < 4.78 is 17.6. The van der Waals surface area contributed by atoms with Crippen LogP contribution in [0.3, 0.4) is 0 Å². The minimum absolute atomic E-state index is 0.455. The molecule has 1 aliphatic heterocycles. The summed E-state index contributed by atoms with van der Waals surface area (Å²) in [4.78, 5) is 11.2. The molecule has 5 heteroatoms. The molecule has 1 heterocycles. The molecule has 0 bridgehead atoms. The van der Waals surface area contributed by atoms with Gasteiger partial charge in [0.05, 0.1) is 10.8 Å². The first-order chi connectivity index (χ1) is 9.65. The van der Waals surface area contributed by atoms with E-state index in [1.54, 1.807) is 6.08 Å². The second kappa shape index (κ2) is 5.19. The maximum atomic E-state index is 12.4. The highest BCUT2D eigenvalue weighted by atomic mass is 32.2. The molecule has 102 valence electrons. The maximum absolute atomic E-state index is 12.4. The number of aliphatic carboxylic acids is 1. The van der Waals surface area contributed by atoms with Gasteiger partial charge in [0.1, 0.15) is 6.61 Å². The van der Waals surface area contributed by atoms with E-state index >= 15 is 0 Å². The summed E-state index contributed by atoms with van der Waals surface area (Å²) in [6, 6.07) is 11.7. The standard InChI is InChI=1S/C15H12O4S/c16-14(17)9-19-15-6-5-12-7-10-3-1-2-4-11(10)8-13(12)20(15)18/h1-8,15H,9H2,(H,16,17). The molecule has 20 heavy (non-hydrogen) atoms. The van der Waals surface area contributed by atoms with Crippen molar-refractivity contribution in [3.05, 3.63) is 48.0 Å². The second-order valence-corrected chi connectivity index (χ2v) is 5.97. The van der Waals surface area contributed by atoms with Gasteiger partial charge in [-0.2, -0.15) is 0 Å². The lowest BCUT2D eigenvalue weighted by Gasteiger charge is -2.19. The van der Waals surface area contributed by atoms with Crippen LogP contribution in [0, 0.1) is 0 Å². The molecule has 0 saturated heterocycles. The molecule has 2 atom stereocenters. The number of rotatable bonds is 3. The minimum atomic E-state index is -1.40. The van der Waals surface area contributed by atoms with Crippen molar-refractivity contribution in [2.75, 3.05) is 6.61 Å². The van der Waals surface area contributed by atoms with Crippen LogP contribution >= 0.6 is 0 Å². The van der Waals surface area contributed by atoms with E-state index in [1.807, 2.05) is 42.5 Å². The molecule has 0 aromatic heterocycles. The summed E-state index contributed by atoms with van der Waals surface area (Å²) in [5.74, 6) is -1.07. The van der Waals surface area contributed by atoms with Crippen LogP contribution in [-0.4, -0.2) is 27.3 Å². The monoisotopic (exact) mass is 288 g/mol. The molecule has 0 aliphatic carbocycles. The summed E-state index contributed by atoms with van der Waals surface area (Å²) >= 11 is 0. The number of ether oxygens (including phenoxy) is 1. The first-order valence-electron chi connectivity index (χ1n) is 6.10. The van der Waals surface area contributed by atoms with Crippen LogP contribution in [0.2, 0.25) is 0 Å². The first-order valence-corrected chi connectivity index (χ1v) is 7.31. The van der Waals surface area contributed by atoms with Crippen LogP contribution < -0.4 is 0 Å². The van der Waals surface area contributed by atoms with Gasteiger partial charge in [-0.3, -0.25) is 4.21 Å². The Morgan fingerprint density at radius 3 is 2.65 bits per heavy atom. The number of hydrogen-bond acceptors (Lipinski definition) is 3. The van der Waals surface area contributed by atoms with E-state index in [1.165, 1.54) is 0 Å². The minimum Gasteiger partial charge on any atom is -0.480 e. The van der Waals surface area contributed by atoms with Crippen molar-refractivity contribution in [1.82, 2.24) is 0 Å². The predicted octanol–water partition coefficient (Wildman–Crippen LogP) is 2.40. The highest BCUT2D eigenvalue weighted by molar-refractivity contribution is 7.85. The lowest BCUT2D eigenvalue weighted by molar-refractivity contribution is -0.142. The molecule has 2 unspecified atom stereocenters. The molecule has 1 N–H and O–H groups in total. The van der Waals surface area contributed by atoms with E-state index in [2.05, 4.69) is 0 Å². The Labute approximate surface area is 118 Å². The van der Waals surface area contributed by atoms with Crippen LogP contribution in [0.5, 0.6) is 0 Å². The zero-order valence-electron chi connectivity index (χ0n) is 10.5. The van der Waals surface area contributed by atoms with Crippen LogP contribution in [0.25, 0.3) is 16.8 Å². The normalized spacial score (nSPS) is 20.8.